The van der Waals surface area contributed by atoms with Gasteiger partial charge in [0.15, 0.2) is 0 Å². The van der Waals surface area contributed by atoms with Gasteiger partial charge < -0.3 is 9.73 Å². The van der Waals surface area contributed by atoms with Gasteiger partial charge in [-0.05, 0) is 43.0 Å². The Bertz CT molecular complexity index is 773. The number of hydrogen-bond acceptors (Lipinski definition) is 3. The first-order valence-corrected chi connectivity index (χ1v) is 8.03. The van der Waals surface area contributed by atoms with Gasteiger partial charge >= 0.3 is 0 Å². The molecule has 0 aliphatic carbocycles. The summed E-state index contributed by atoms with van der Waals surface area (Å²) < 4.78 is 5.57. The van der Waals surface area contributed by atoms with E-state index >= 15 is 0 Å². The third-order valence-corrected chi connectivity index (χ3v) is 4.40. The van der Waals surface area contributed by atoms with Gasteiger partial charge in [0.05, 0.1) is 10.9 Å². The van der Waals surface area contributed by atoms with Crippen LogP contribution in [-0.4, -0.2) is 5.91 Å². The normalized spacial score (nSPS) is 12.1. The van der Waals surface area contributed by atoms with E-state index in [0.29, 0.717) is 0 Å². The monoisotopic (exact) mass is 311 g/mol. The zero-order valence-electron chi connectivity index (χ0n) is 12.5. The topological polar surface area (TPSA) is 42.2 Å². The molecule has 1 unspecified atom stereocenters. The van der Waals surface area contributed by atoms with Crippen molar-refractivity contribution in [1.82, 2.24) is 5.32 Å². The Balaban J connectivity index is 1.80. The van der Waals surface area contributed by atoms with Gasteiger partial charge in [-0.25, -0.2) is 0 Å². The Morgan fingerprint density at radius 1 is 1.14 bits per heavy atom. The van der Waals surface area contributed by atoms with Crippen LogP contribution in [0.4, 0.5) is 0 Å². The molecule has 0 bridgehead atoms. The maximum absolute atomic E-state index is 12.5. The highest BCUT2D eigenvalue weighted by atomic mass is 32.1. The average Bonchev–Trinajstić information content (AvgIpc) is 3.16. The molecule has 1 atom stereocenters. The van der Waals surface area contributed by atoms with Crippen LogP contribution < -0.4 is 5.32 Å². The number of carbonyl (C=O) groups excluding carboxylic acids is 1. The number of hydrogen-bond donors (Lipinski definition) is 1. The first-order chi connectivity index (χ1) is 10.6. The van der Waals surface area contributed by atoms with Crippen molar-refractivity contribution in [2.45, 2.75) is 19.9 Å². The molecule has 2 aromatic heterocycles. The van der Waals surface area contributed by atoms with Crippen LogP contribution in [-0.2, 0) is 0 Å². The van der Waals surface area contributed by atoms with Crippen molar-refractivity contribution in [3.8, 4) is 11.1 Å². The molecule has 112 valence electrons. The summed E-state index contributed by atoms with van der Waals surface area (Å²) in [7, 11) is 0. The molecule has 0 fully saturated rings. The van der Waals surface area contributed by atoms with Crippen molar-refractivity contribution in [3.63, 3.8) is 0 Å². The molecular formula is C18H17NO2S. The van der Waals surface area contributed by atoms with E-state index in [4.69, 9.17) is 4.42 Å². The van der Waals surface area contributed by atoms with Crippen LogP contribution in [0.2, 0.25) is 0 Å². The SMILES string of the molecule is Cc1ccc(C(C)NC(=O)c2sccc2-c2ccccc2)o1. The molecule has 0 saturated carbocycles. The fraction of sp³-hybridized carbons (Fsp3) is 0.167. The number of amides is 1. The Morgan fingerprint density at radius 2 is 1.91 bits per heavy atom. The lowest BCUT2D eigenvalue weighted by Crippen LogP contribution is -2.26. The minimum absolute atomic E-state index is 0.0737. The highest BCUT2D eigenvalue weighted by Crippen LogP contribution is 2.28. The van der Waals surface area contributed by atoms with Crippen molar-refractivity contribution >= 4 is 17.2 Å². The van der Waals surface area contributed by atoms with E-state index in [-0.39, 0.29) is 11.9 Å². The maximum atomic E-state index is 12.5. The van der Waals surface area contributed by atoms with E-state index in [0.717, 1.165) is 27.5 Å². The smallest absolute Gasteiger partial charge is 0.262 e. The number of carbonyl (C=O) groups is 1. The predicted molar refractivity (Wildman–Crippen MR) is 89.1 cm³/mol. The third kappa shape index (κ3) is 2.97. The van der Waals surface area contributed by atoms with Gasteiger partial charge in [-0.15, -0.1) is 11.3 Å². The highest BCUT2D eigenvalue weighted by Gasteiger charge is 2.18. The van der Waals surface area contributed by atoms with Gasteiger partial charge in [0.2, 0.25) is 0 Å². The van der Waals surface area contributed by atoms with Crippen LogP contribution in [0.1, 0.15) is 34.2 Å². The molecule has 0 spiro atoms. The van der Waals surface area contributed by atoms with Crippen LogP contribution >= 0.6 is 11.3 Å². The average molecular weight is 311 g/mol. The Kier molecular flexibility index (Phi) is 4.11. The minimum atomic E-state index is -0.160. The standard InChI is InChI=1S/C18H17NO2S/c1-12-8-9-16(21-12)13(2)19-18(20)17-15(10-11-22-17)14-6-4-3-5-7-14/h3-11,13H,1-2H3,(H,19,20). The van der Waals surface area contributed by atoms with E-state index in [1.165, 1.54) is 11.3 Å². The van der Waals surface area contributed by atoms with Crippen molar-refractivity contribution < 1.29 is 9.21 Å². The lowest BCUT2D eigenvalue weighted by Gasteiger charge is -2.12. The summed E-state index contributed by atoms with van der Waals surface area (Å²) >= 11 is 1.45. The second-order valence-electron chi connectivity index (χ2n) is 5.17. The fourth-order valence-electron chi connectivity index (χ4n) is 2.35. The number of aryl methyl sites for hydroxylation is 1. The molecule has 2 heterocycles. The molecule has 3 nitrogen and oxygen atoms in total. The zero-order chi connectivity index (χ0) is 15.5. The van der Waals surface area contributed by atoms with Crippen LogP contribution in [0.5, 0.6) is 0 Å². The molecule has 3 rings (SSSR count). The van der Waals surface area contributed by atoms with Gasteiger partial charge in [-0.1, -0.05) is 30.3 Å². The van der Waals surface area contributed by atoms with Gasteiger partial charge in [-0.2, -0.15) is 0 Å². The lowest BCUT2D eigenvalue weighted by atomic mass is 10.1. The molecule has 1 aromatic carbocycles. The maximum Gasteiger partial charge on any atom is 0.262 e. The van der Waals surface area contributed by atoms with Crippen molar-refractivity contribution in [2.75, 3.05) is 0 Å². The number of benzene rings is 1. The van der Waals surface area contributed by atoms with E-state index in [9.17, 15) is 4.79 Å². The van der Waals surface area contributed by atoms with E-state index in [1.807, 2.05) is 67.8 Å². The fourth-order valence-corrected chi connectivity index (χ4v) is 3.17. The van der Waals surface area contributed by atoms with Crippen LogP contribution in [0.3, 0.4) is 0 Å². The van der Waals surface area contributed by atoms with E-state index in [1.54, 1.807) is 0 Å². The van der Waals surface area contributed by atoms with Crippen molar-refractivity contribution in [2.24, 2.45) is 0 Å². The molecule has 3 aromatic rings. The highest BCUT2D eigenvalue weighted by molar-refractivity contribution is 7.12. The summed E-state index contributed by atoms with van der Waals surface area (Å²) in [6.07, 6.45) is 0. The number of nitrogens with one attached hydrogen (secondary N) is 1. The second kappa shape index (κ2) is 6.20. The molecule has 0 aliphatic heterocycles. The summed E-state index contributed by atoms with van der Waals surface area (Å²) in [6.45, 7) is 3.82. The molecule has 4 heteroatoms. The summed E-state index contributed by atoms with van der Waals surface area (Å²) in [5.74, 6) is 1.54. The van der Waals surface area contributed by atoms with Crippen LogP contribution in [0.15, 0.2) is 58.3 Å². The molecule has 1 N–H and O–H groups in total. The van der Waals surface area contributed by atoms with E-state index < -0.39 is 0 Å². The molecule has 1 amide bonds. The Morgan fingerprint density at radius 3 is 2.59 bits per heavy atom. The molecule has 0 aliphatic rings. The largest absolute Gasteiger partial charge is 0.464 e. The van der Waals surface area contributed by atoms with Crippen LogP contribution in [0.25, 0.3) is 11.1 Å². The summed E-state index contributed by atoms with van der Waals surface area (Å²) in [5, 5.41) is 4.94. The van der Waals surface area contributed by atoms with Crippen molar-refractivity contribution in [3.05, 3.63) is 70.3 Å². The lowest BCUT2D eigenvalue weighted by molar-refractivity contribution is 0.0940. The van der Waals surface area contributed by atoms with Crippen LogP contribution in [0, 0.1) is 6.92 Å². The molecule has 0 radical (unpaired) electrons. The third-order valence-electron chi connectivity index (χ3n) is 3.49. The second-order valence-corrected chi connectivity index (χ2v) is 6.09. The first kappa shape index (κ1) is 14.6. The van der Waals surface area contributed by atoms with Gasteiger partial charge in [0.25, 0.3) is 5.91 Å². The van der Waals surface area contributed by atoms with Gasteiger partial charge in [0.1, 0.15) is 11.5 Å². The Hall–Kier alpha value is -2.33. The molecule has 22 heavy (non-hydrogen) atoms. The molecule has 0 saturated heterocycles. The first-order valence-electron chi connectivity index (χ1n) is 7.15. The van der Waals surface area contributed by atoms with Gasteiger partial charge in [0, 0.05) is 5.56 Å². The number of rotatable bonds is 4. The minimum Gasteiger partial charge on any atom is -0.464 e. The number of furan rings is 1. The number of thiophene rings is 1. The summed E-state index contributed by atoms with van der Waals surface area (Å²) in [4.78, 5) is 13.3. The predicted octanol–water partition coefficient (Wildman–Crippen LogP) is 4.81. The Labute approximate surface area is 133 Å². The summed E-state index contributed by atoms with van der Waals surface area (Å²) in [5.41, 5.74) is 2.02. The van der Waals surface area contributed by atoms with Gasteiger partial charge in [-0.3, -0.25) is 4.79 Å². The van der Waals surface area contributed by atoms with E-state index in [2.05, 4.69) is 5.32 Å². The quantitative estimate of drug-likeness (QED) is 0.751. The molecular weight excluding hydrogens is 294 g/mol. The zero-order valence-corrected chi connectivity index (χ0v) is 13.3. The van der Waals surface area contributed by atoms with Crippen molar-refractivity contribution in [1.29, 1.82) is 0 Å². The summed E-state index contributed by atoms with van der Waals surface area (Å²) in [6, 6.07) is 15.6.